The highest BCUT2D eigenvalue weighted by Gasteiger charge is 2.19. The lowest BCUT2D eigenvalue weighted by molar-refractivity contribution is 0.0607. The lowest BCUT2D eigenvalue weighted by Crippen LogP contribution is -2.19. The van der Waals surface area contributed by atoms with E-state index < -0.39 is 5.97 Å². The predicted octanol–water partition coefficient (Wildman–Crippen LogP) is 2.47. The third kappa shape index (κ3) is 2.34. The summed E-state index contributed by atoms with van der Waals surface area (Å²) in [5.41, 5.74) is 6.77. The highest BCUT2D eigenvalue weighted by atomic mass is 35.5. The fourth-order valence-corrected chi connectivity index (χ4v) is 3.12. The summed E-state index contributed by atoms with van der Waals surface area (Å²) >= 11 is 6.92. The van der Waals surface area contributed by atoms with Gasteiger partial charge in [0.1, 0.15) is 10.4 Å². The summed E-state index contributed by atoms with van der Waals surface area (Å²) in [6, 6.07) is 8.06. The van der Waals surface area contributed by atoms with Crippen LogP contribution in [-0.2, 0) is 4.74 Å². The Hall–Kier alpha value is -2.38. The Labute approximate surface area is 133 Å². The Kier molecular flexibility index (Phi) is 3.59. The van der Waals surface area contributed by atoms with Crippen molar-refractivity contribution >= 4 is 44.8 Å². The quantitative estimate of drug-likeness (QED) is 0.727. The van der Waals surface area contributed by atoms with Crippen molar-refractivity contribution in [3.8, 4) is 5.69 Å². The Bertz CT molecular complexity index is 931. The van der Waals surface area contributed by atoms with Gasteiger partial charge in [-0.25, -0.2) is 4.79 Å². The highest BCUT2D eigenvalue weighted by molar-refractivity contribution is 7.21. The van der Waals surface area contributed by atoms with Crippen LogP contribution < -0.4 is 11.3 Å². The number of anilines is 1. The largest absolute Gasteiger partial charge is 0.465 e. The smallest absolute Gasteiger partial charge is 0.350 e. The van der Waals surface area contributed by atoms with Crippen LogP contribution in [0.15, 0.2) is 35.1 Å². The lowest BCUT2D eigenvalue weighted by Gasteiger charge is -2.04. The topological polar surface area (TPSA) is 87.2 Å². The number of fused-ring (bicyclic) bond motifs is 1. The third-order valence-electron chi connectivity index (χ3n) is 3.05. The lowest BCUT2D eigenvalue weighted by atomic mass is 10.3. The van der Waals surface area contributed by atoms with Crippen LogP contribution in [0.25, 0.3) is 15.9 Å². The standard InChI is InChI=1S/C14H10ClN3O3S/c1-21-14(20)13-11(16)12-9(22-13)6-10(19)18(17-12)8-4-2-7(15)3-5-8/h2-6H,16H2,1H3. The number of esters is 1. The Morgan fingerprint density at radius 3 is 2.68 bits per heavy atom. The first-order valence-electron chi connectivity index (χ1n) is 6.18. The van der Waals surface area contributed by atoms with Crippen molar-refractivity contribution < 1.29 is 9.53 Å². The van der Waals surface area contributed by atoms with Gasteiger partial charge < -0.3 is 10.5 Å². The van der Waals surface area contributed by atoms with E-state index in [9.17, 15) is 9.59 Å². The molecule has 1 aromatic carbocycles. The molecule has 0 saturated heterocycles. The number of hydrogen-bond donors (Lipinski definition) is 1. The van der Waals surface area contributed by atoms with Crippen LogP contribution in [0.2, 0.25) is 5.02 Å². The molecule has 6 nitrogen and oxygen atoms in total. The minimum Gasteiger partial charge on any atom is -0.465 e. The van der Waals surface area contributed by atoms with Gasteiger partial charge in [0, 0.05) is 11.1 Å². The summed E-state index contributed by atoms with van der Waals surface area (Å²) < 4.78 is 6.42. The molecule has 0 aliphatic carbocycles. The number of ether oxygens (including phenoxy) is 1. The van der Waals surface area contributed by atoms with E-state index in [4.69, 9.17) is 17.3 Å². The molecule has 112 valence electrons. The van der Waals surface area contributed by atoms with Gasteiger partial charge in [0.2, 0.25) is 0 Å². The van der Waals surface area contributed by atoms with Gasteiger partial charge in [0.25, 0.3) is 5.56 Å². The van der Waals surface area contributed by atoms with E-state index in [0.717, 1.165) is 11.3 Å². The maximum Gasteiger partial charge on any atom is 0.350 e. The Balaban J connectivity index is 2.23. The van der Waals surface area contributed by atoms with Gasteiger partial charge in [-0.1, -0.05) is 11.6 Å². The minimum atomic E-state index is -0.550. The summed E-state index contributed by atoms with van der Waals surface area (Å²) in [5, 5.41) is 4.81. The van der Waals surface area contributed by atoms with Crippen molar-refractivity contribution in [2.45, 2.75) is 0 Å². The van der Waals surface area contributed by atoms with Crippen LogP contribution in [-0.4, -0.2) is 22.9 Å². The number of hydrogen-bond acceptors (Lipinski definition) is 6. The van der Waals surface area contributed by atoms with Crippen molar-refractivity contribution in [2.24, 2.45) is 0 Å². The number of nitrogens with two attached hydrogens (primary N) is 1. The number of halogens is 1. The number of benzene rings is 1. The number of carbonyl (C=O) groups is 1. The van der Waals surface area contributed by atoms with Crippen molar-refractivity contribution in [3.63, 3.8) is 0 Å². The Morgan fingerprint density at radius 1 is 1.36 bits per heavy atom. The number of aromatic nitrogens is 2. The van der Waals surface area contributed by atoms with E-state index in [1.807, 2.05) is 0 Å². The molecule has 3 aromatic rings. The van der Waals surface area contributed by atoms with Gasteiger partial charge in [-0.2, -0.15) is 9.78 Å². The zero-order valence-electron chi connectivity index (χ0n) is 11.4. The summed E-state index contributed by atoms with van der Waals surface area (Å²) in [6.07, 6.45) is 0. The number of thiophene rings is 1. The van der Waals surface area contributed by atoms with Crippen LogP contribution in [0.3, 0.4) is 0 Å². The number of methoxy groups -OCH3 is 1. The molecule has 0 aliphatic heterocycles. The SMILES string of the molecule is COC(=O)c1sc2cc(=O)n(-c3ccc(Cl)cc3)nc2c1N. The van der Waals surface area contributed by atoms with E-state index in [-0.39, 0.29) is 16.1 Å². The molecule has 2 heterocycles. The van der Waals surface area contributed by atoms with E-state index >= 15 is 0 Å². The summed E-state index contributed by atoms with van der Waals surface area (Å²) in [7, 11) is 1.27. The van der Waals surface area contributed by atoms with Crippen molar-refractivity contribution in [1.82, 2.24) is 9.78 Å². The van der Waals surface area contributed by atoms with Gasteiger partial charge in [-0.3, -0.25) is 4.79 Å². The second kappa shape index (κ2) is 5.43. The predicted molar refractivity (Wildman–Crippen MR) is 86.0 cm³/mol. The van der Waals surface area contributed by atoms with Crippen molar-refractivity contribution in [1.29, 1.82) is 0 Å². The molecule has 2 N–H and O–H groups in total. The molecule has 0 atom stereocenters. The second-order valence-corrected chi connectivity index (χ2v) is 5.91. The summed E-state index contributed by atoms with van der Waals surface area (Å²) in [6.45, 7) is 0. The van der Waals surface area contributed by atoms with Crippen molar-refractivity contribution in [3.05, 3.63) is 50.6 Å². The van der Waals surface area contributed by atoms with E-state index in [1.54, 1.807) is 24.3 Å². The maximum atomic E-state index is 12.2. The van der Waals surface area contributed by atoms with E-state index in [2.05, 4.69) is 9.84 Å². The molecule has 0 spiro atoms. The average Bonchev–Trinajstić information content (AvgIpc) is 2.83. The normalized spacial score (nSPS) is 10.8. The molecular formula is C14H10ClN3O3S. The van der Waals surface area contributed by atoms with Gasteiger partial charge in [0.05, 0.1) is 23.2 Å². The molecule has 0 bridgehead atoms. The Morgan fingerprint density at radius 2 is 2.05 bits per heavy atom. The van der Waals surface area contributed by atoms with E-state index in [0.29, 0.717) is 20.9 Å². The van der Waals surface area contributed by atoms with Crippen LogP contribution in [0.5, 0.6) is 0 Å². The first-order valence-corrected chi connectivity index (χ1v) is 7.37. The minimum absolute atomic E-state index is 0.203. The number of nitrogen functional groups attached to an aromatic ring is 1. The fourth-order valence-electron chi connectivity index (χ4n) is 1.99. The summed E-state index contributed by atoms with van der Waals surface area (Å²) in [4.78, 5) is 24.1. The molecule has 0 amide bonds. The molecule has 22 heavy (non-hydrogen) atoms. The molecule has 0 aliphatic rings. The summed E-state index contributed by atoms with van der Waals surface area (Å²) in [5.74, 6) is -0.550. The molecule has 0 saturated carbocycles. The monoisotopic (exact) mass is 335 g/mol. The number of rotatable bonds is 2. The van der Waals surface area contributed by atoms with E-state index in [1.165, 1.54) is 17.9 Å². The molecule has 8 heteroatoms. The number of nitrogens with zero attached hydrogens (tertiary/aromatic N) is 2. The fraction of sp³-hybridized carbons (Fsp3) is 0.0714. The van der Waals surface area contributed by atoms with Gasteiger partial charge in [0.15, 0.2) is 0 Å². The van der Waals surface area contributed by atoms with Crippen LogP contribution in [0.1, 0.15) is 9.67 Å². The van der Waals surface area contributed by atoms with Crippen LogP contribution >= 0.6 is 22.9 Å². The van der Waals surface area contributed by atoms with Gasteiger partial charge >= 0.3 is 5.97 Å². The number of carbonyl (C=O) groups excluding carboxylic acids is 1. The molecule has 0 unspecified atom stereocenters. The van der Waals surface area contributed by atoms with Crippen molar-refractivity contribution in [2.75, 3.05) is 12.8 Å². The molecule has 0 radical (unpaired) electrons. The van der Waals surface area contributed by atoms with Gasteiger partial charge in [-0.15, -0.1) is 11.3 Å². The average molecular weight is 336 g/mol. The first kappa shape index (κ1) is 14.6. The first-order chi connectivity index (χ1) is 10.5. The highest BCUT2D eigenvalue weighted by Crippen LogP contribution is 2.31. The molecule has 0 fully saturated rings. The molecular weight excluding hydrogens is 326 g/mol. The maximum absolute atomic E-state index is 12.2. The second-order valence-electron chi connectivity index (χ2n) is 4.42. The molecule has 2 aromatic heterocycles. The van der Waals surface area contributed by atoms with Crippen LogP contribution in [0.4, 0.5) is 5.69 Å². The zero-order valence-corrected chi connectivity index (χ0v) is 12.9. The van der Waals surface area contributed by atoms with Gasteiger partial charge in [-0.05, 0) is 24.3 Å². The zero-order chi connectivity index (χ0) is 15.9. The molecule has 3 rings (SSSR count). The van der Waals surface area contributed by atoms with Crippen LogP contribution in [0, 0.1) is 0 Å². The third-order valence-corrected chi connectivity index (χ3v) is 4.42.